The molecule has 1 N–H and O–H groups in total. The SMILES string of the molecule is C=CC1=CCC=C(C(=O)NC(CCC)CCC)C=C1. The van der Waals surface area contributed by atoms with Crippen molar-refractivity contribution in [3.63, 3.8) is 0 Å². The maximum atomic E-state index is 12.2. The Morgan fingerprint density at radius 3 is 2.58 bits per heavy atom. The third-order valence-corrected chi connectivity index (χ3v) is 3.25. The van der Waals surface area contributed by atoms with Gasteiger partial charge in [0.25, 0.3) is 5.91 Å². The van der Waals surface area contributed by atoms with E-state index in [0.717, 1.165) is 43.3 Å². The number of allylic oxidation sites excluding steroid dienone is 5. The van der Waals surface area contributed by atoms with E-state index in [0.29, 0.717) is 6.04 Å². The van der Waals surface area contributed by atoms with Gasteiger partial charge in [-0.05, 0) is 30.9 Å². The lowest BCUT2D eigenvalue weighted by Gasteiger charge is -2.17. The van der Waals surface area contributed by atoms with E-state index in [4.69, 9.17) is 0 Å². The summed E-state index contributed by atoms with van der Waals surface area (Å²) < 4.78 is 0. The van der Waals surface area contributed by atoms with Crippen LogP contribution in [0.5, 0.6) is 0 Å². The summed E-state index contributed by atoms with van der Waals surface area (Å²) in [5, 5.41) is 3.14. The van der Waals surface area contributed by atoms with Crippen LogP contribution in [0.1, 0.15) is 46.0 Å². The van der Waals surface area contributed by atoms with Gasteiger partial charge in [-0.1, -0.05) is 57.6 Å². The number of rotatable bonds is 7. The van der Waals surface area contributed by atoms with Crippen LogP contribution in [0.2, 0.25) is 0 Å². The summed E-state index contributed by atoms with van der Waals surface area (Å²) >= 11 is 0. The Kier molecular flexibility index (Phi) is 6.94. The molecule has 0 aromatic carbocycles. The van der Waals surface area contributed by atoms with Gasteiger partial charge in [0.15, 0.2) is 0 Å². The summed E-state index contributed by atoms with van der Waals surface area (Å²) in [7, 11) is 0. The maximum absolute atomic E-state index is 12.2. The minimum Gasteiger partial charge on any atom is -0.349 e. The number of nitrogens with one attached hydrogen (secondary N) is 1. The predicted molar refractivity (Wildman–Crippen MR) is 81.9 cm³/mol. The lowest BCUT2D eigenvalue weighted by Crippen LogP contribution is -2.35. The van der Waals surface area contributed by atoms with E-state index in [9.17, 15) is 4.79 Å². The van der Waals surface area contributed by atoms with Gasteiger partial charge in [-0.15, -0.1) is 0 Å². The minimum absolute atomic E-state index is 0.0434. The van der Waals surface area contributed by atoms with Gasteiger partial charge >= 0.3 is 0 Å². The zero-order valence-electron chi connectivity index (χ0n) is 12.1. The molecule has 0 spiro atoms. The van der Waals surface area contributed by atoms with Crippen molar-refractivity contribution in [1.29, 1.82) is 0 Å². The first-order valence-electron chi connectivity index (χ1n) is 7.22. The monoisotopic (exact) mass is 259 g/mol. The Bertz CT molecular complexity index is 395. The maximum Gasteiger partial charge on any atom is 0.251 e. The smallest absolute Gasteiger partial charge is 0.251 e. The second-order valence-electron chi connectivity index (χ2n) is 4.88. The van der Waals surface area contributed by atoms with Crippen LogP contribution >= 0.6 is 0 Å². The number of hydrogen-bond donors (Lipinski definition) is 1. The summed E-state index contributed by atoms with van der Waals surface area (Å²) in [6, 6.07) is 0.298. The van der Waals surface area contributed by atoms with E-state index in [1.165, 1.54) is 0 Å². The summed E-state index contributed by atoms with van der Waals surface area (Å²) in [6.07, 6.45) is 14.7. The fourth-order valence-electron chi connectivity index (χ4n) is 2.22. The standard InChI is InChI=1S/C17H25NO/c1-4-8-16(9-5-2)18-17(19)15-11-7-10-14(6-3)12-13-15/h6,10-13,16H,3-5,7-9H2,1-2H3,(H,18,19). The van der Waals surface area contributed by atoms with Gasteiger partial charge in [-0.2, -0.15) is 0 Å². The summed E-state index contributed by atoms with van der Waals surface area (Å²) in [5.41, 5.74) is 1.82. The Hall–Kier alpha value is -1.57. The Morgan fingerprint density at radius 2 is 2.00 bits per heavy atom. The second kappa shape index (κ2) is 8.52. The molecule has 2 nitrogen and oxygen atoms in total. The van der Waals surface area contributed by atoms with Gasteiger partial charge < -0.3 is 5.32 Å². The summed E-state index contributed by atoms with van der Waals surface area (Å²) in [6.45, 7) is 8.06. The van der Waals surface area contributed by atoms with Gasteiger partial charge in [0.1, 0.15) is 0 Å². The molecule has 1 amide bonds. The third-order valence-electron chi connectivity index (χ3n) is 3.25. The summed E-state index contributed by atoms with van der Waals surface area (Å²) in [4.78, 5) is 12.2. The molecule has 1 rings (SSSR count). The normalized spacial score (nSPS) is 14.7. The highest BCUT2D eigenvalue weighted by Crippen LogP contribution is 2.13. The summed E-state index contributed by atoms with van der Waals surface area (Å²) in [5.74, 6) is 0.0434. The molecule has 0 bridgehead atoms. The van der Waals surface area contributed by atoms with Crippen LogP contribution in [0.3, 0.4) is 0 Å². The lowest BCUT2D eigenvalue weighted by atomic mass is 10.1. The van der Waals surface area contributed by atoms with Crippen LogP contribution < -0.4 is 5.32 Å². The molecule has 0 aromatic rings. The molecule has 0 atom stereocenters. The zero-order valence-corrected chi connectivity index (χ0v) is 12.1. The average Bonchev–Trinajstić information content (AvgIpc) is 2.64. The van der Waals surface area contributed by atoms with E-state index in [-0.39, 0.29) is 5.91 Å². The first kappa shape index (κ1) is 15.5. The highest BCUT2D eigenvalue weighted by Gasteiger charge is 2.13. The van der Waals surface area contributed by atoms with Gasteiger partial charge in [-0.25, -0.2) is 0 Å². The van der Waals surface area contributed by atoms with Crippen molar-refractivity contribution in [3.05, 3.63) is 48.1 Å². The van der Waals surface area contributed by atoms with Crippen molar-refractivity contribution >= 4 is 5.91 Å². The largest absolute Gasteiger partial charge is 0.349 e. The molecule has 2 heteroatoms. The zero-order chi connectivity index (χ0) is 14.1. The van der Waals surface area contributed by atoms with Crippen LogP contribution in [0.15, 0.2) is 48.1 Å². The molecule has 0 saturated heterocycles. The van der Waals surface area contributed by atoms with Crippen molar-refractivity contribution in [2.24, 2.45) is 0 Å². The number of carbonyl (C=O) groups is 1. The Morgan fingerprint density at radius 1 is 1.32 bits per heavy atom. The Balaban J connectivity index is 2.62. The van der Waals surface area contributed by atoms with Gasteiger partial charge in [0, 0.05) is 11.6 Å². The van der Waals surface area contributed by atoms with Crippen LogP contribution in [0.4, 0.5) is 0 Å². The number of carbonyl (C=O) groups excluding carboxylic acids is 1. The van der Waals surface area contributed by atoms with E-state index in [1.54, 1.807) is 0 Å². The van der Waals surface area contributed by atoms with Gasteiger partial charge in [0.05, 0.1) is 0 Å². The molecule has 1 aliphatic rings. The van der Waals surface area contributed by atoms with Crippen molar-refractivity contribution in [2.75, 3.05) is 0 Å². The van der Waals surface area contributed by atoms with E-state index < -0.39 is 0 Å². The van der Waals surface area contributed by atoms with Crippen molar-refractivity contribution in [3.8, 4) is 0 Å². The second-order valence-corrected chi connectivity index (χ2v) is 4.88. The molecule has 0 saturated carbocycles. The first-order valence-corrected chi connectivity index (χ1v) is 7.22. The molecule has 0 radical (unpaired) electrons. The first-order chi connectivity index (χ1) is 9.21. The van der Waals surface area contributed by atoms with Crippen molar-refractivity contribution in [2.45, 2.75) is 52.0 Å². The quantitative estimate of drug-likeness (QED) is 0.733. The minimum atomic E-state index is 0.0434. The molecule has 104 valence electrons. The lowest BCUT2D eigenvalue weighted by molar-refractivity contribution is -0.118. The average molecular weight is 259 g/mol. The van der Waals surface area contributed by atoms with Crippen LogP contribution in [0.25, 0.3) is 0 Å². The molecule has 0 unspecified atom stereocenters. The molecule has 0 aromatic heterocycles. The molecule has 19 heavy (non-hydrogen) atoms. The molecule has 0 heterocycles. The van der Waals surface area contributed by atoms with E-state index in [1.807, 2.05) is 24.3 Å². The van der Waals surface area contributed by atoms with Crippen LogP contribution in [0, 0.1) is 0 Å². The third kappa shape index (κ3) is 5.29. The number of amides is 1. The van der Waals surface area contributed by atoms with Gasteiger partial charge in [-0.3, -0.25) is 4.79 Å². The fraction of sp³-hybridized carbons (Fsp3) is 0.471. The van der Waals surface area contributed by atoms with E-state index >= 15 is 0 Å². The highest BCUT2D eigenvalue weighted by molar-refractivity contribution is 5.96. The van der Waals surface area contributed by atoms with Crippen LogP contribution in [-0.2, 0) is 4.79 Å². The topological polar surface area (TPSA) is 29.1 Å². The van der Waals surface area contributed by atoms with E-state index in [2.05, 4.69) is 31.8 Å². The Labute approximate surface area is 117 Å². The molecule has 0 aliphatic heterocycles. The fourth-order valence-corrected chi connectivity index (χ4v) is 2.22. The molecular formula is C17H25NO. The molecule has 0 fully saturated rings. The number of hydrogen-bond acceptors (Lipinski definition) is 1. The van der Waals surface area contributed by atoms with Crippen LogP contribution in [-0.4, -0.2) is 11.9 Å². The predicted octanol–water partition coefficient (Wildman–Crippen LogP) is 4.07. The van der Waals surface area contributed by atoms with Gasteiger partial charge in [0.2, 0.25) is 0 Å². The van der Waals surface area contributed by atoms with Crippen molar-refractivity contribution < 1.29 is 4.79 Å². The van der Waals surface area contributed by atoms with Crippen molar-refractivity contribution in [1.82, 2.24) is 5.32 Å². The molecule has 1 aliphatic carbocycles. The highest BCUT2D eigenvalue weighted by atomic mass is 16.1. The molecular weight excluding hydrogens is 234 g/mol.